The van der Waals surface area contributed by atoms with Crippen molar-refractivity contribution in [2.45, 2.75) is 38.4 Å². The molecule has 0 spiro atoms. The number of hydrogen-bond donors (Lipinski definition) is 2. The van der Waals surface area contributed by atoms with E-state index in [1.807, 2.05) is 0 Å². The summed E-state index contributed by atoms with van der Waals surface area (Å²) in [5.74, 6) is -1.48. The van der Waals surface area contributed by atoms with Crippen LogP contribution in [0, 0.1) is 0 Å². The number of halogens is 3. The first-order valence-corrected chi connectivity index (χ1v) is 10.1. The zero-order valence-electron chi connectivity index (χ0n) is 16.4. The summed E-state index contributed by atoms with van der Waals surface area (Å²) >= 11 is 0. The van der Waals surface area contributed by atoms with E-state index in [9.17, 15) is 23.1 Å². The van der Waals surface area contributed by atoms with Crippen LogP contribution >= 0.6 is 0 Å². The molecule has 2 aromatic carbocycles. The van der Waals surface area contributed by atoms with Crippen LogP contribution < -0.4 is 10.3 Å². The second-order valence-electron chi connectivity index (χ2n) is 7.78. The van der Waals surface area contributed by atoms with Gasteiger partial charge in [0, 0.05) is 0 Å². The Morgan fingerprint density at radius 1 is 0.967 bits per heavy atom. The molecule has 4 rings (SSSR count). The van der Waals surface area contributed by atoms with Crippen LogP contribution in [0.3, 0.4) is 0 Å². The van der Waals surface area contributed by atoms with Gasteiger partial charge in [-0.15, -0.1) is 0 Å². The lowest BCUT2D eigenvalue weighted by Gasteiger charge is -2.19. The molecule has 0 aliphatic carbocycles. The van der Waals surface area contributed by atoms with Gasteiger partial charge in [0.2, 0.25) is 11.2 Å². The van der Waals surface area contributed by atoms with Gasteiger partial charge in [-0.3, -0.25) is 4.79 Å². The molecule has 0 saturated carbocycles. The van der Waals surface area contributed by atoms with Crippen LogP contribution in [0.4, 0.5) is 13.2 Å². The average Bonchev–Trinajstić information content (AvgIpc) is 2.98. The van der Waals surface area contributed by atoms with E-state index in [1.165, 1.54) is 29.2 Å². The Balaban J connectivity index is 1.94. The monoisotopic (exact) mass is 418 g/mol. The SMILES string of the molecule is O=c1c(-c2ccccc2)c(C(F)(F)F)oc2c(C[NH+]3CCCCCC3)c(O)ccc12. The Morgan fingerprint density at radius 2 is 1.63 bits per heavy atom. The second-order valence-corrected chi connectivity index (χ2v) is 7.78. The number of nitrogens with one attached hydrogen (secondary N) is 1. The third-order valence-corrected chi connectivity index (χ3v) is 5.70. The highest BCUT2D eigenvalue weighted by atomic mass is 19.4. The molecule has 1 fully saturated rings. The van der Waals surface area contributed by atoms with Gasteiger partial charge >= 0.3 is 6.18 Å². The second kappa shape index (κ2) is 8.14. The van der Waals surface area contributed by atoms with E-state index in [0.29, 0.717) is 6.54 Å². The minimum atomic E-state index is -4.85. The molecular formula is C23H23F3NO3+. The number of rotatable bonds is 3. The summed E-state index contributed by atoms with van der Waals surface area (Å²) in [6.45, 7) is 2.05. The molecule has 0 unspecified atom stereocenters. The number of benzene rings is 2. The van der Waals surface area contributed by atoms with Crippen molar-refractivity contribution in [3.8, 4) is 16.9 Å². The highest BCUT2D eigenvalue weighted by molar-refractivity contribution is 5.86. The number of phenols is 1. The number of alkyl halides is 3. The number of quaternary nitrogens is 1. The van der Waals surface area contributed by atoms with Gasteiger partial charge in [0.05, 0.1) is 29.6 Å². The number of fused-ring (bicyclic) bond motifs is 1. The largest absolute Gasteiger partial charge is 0.507 e. The zero-order valence-corrected chi connectivity index (χ0v) is 16.4. The summed E-state index contributed by atoms with van der Waals surface area (Å²) in [4.78, 5) is 14.3. The van der Waals surface area contributed by atoms with E-state index in [-0.39, 0.29) is 27.8 Å². The maximum absolute atomic E-state index is 13.9. The van der Waals surface area contributed by atoms with Crippen LogP contribution in [0.1, 0.15) is 37.0 Å². The molecule has 30 heavy (non-hydrogen) atoms. The maximum atomic E-state index is 13.9. The van der Waals surface area contributed by atoms with Gasteiger partial charge in [-0.1, -0.05) is 30.3 Å². The van der Waals surface area contributed by atoms with Crippen molar-refractivity contribution in [2.75, 3.05) is 13.1 Å². The number of likely N-dealkylation sites (tertiary alicyclic amines) is 1. The van der Waals surface area contributed by atoms with Crippen molar-refractivity contribution in [3.63, 3.8) is 0 Å². The van der Waals surface area contributed by atoms with Crippen molar-refractivity contribution >= 4 is 11.0 Å². The molecule has 158 valence electrons. The van der Waals surface area contributed by atoms with E-state index in [0.717, 1.165) is 38.8 Å². The topological polar surface area (TPSA) is 54.9 Å². The first-order chi connectivity index (χ1) is 14.4. The standard InChI is InChI=1S/C23H22F3NO3/c24-23(25,26)22-19(15-8-4-3-5-9-15)20(29)16-10-11-18(28)17(21(16)30-22)14-27-12-6-1-2-7-13-27/h3-5,8-11,28H,1-2,6-7,12-14H2/p+1. The lowest BCUT2D eigenvalue weighted by atomic mass is 10.00. The minimum Gasteiger partial charge on any atom is -0.507 e. The molecule has 7 heteroatoms. The fourth-order valence-corrected chi connectivity index (χ4v) is 4.20. The van der Waals surface area contributed by atoms with Crippen molar-refractivity contribution in [1.82, 2.24) is 0 Å². The molecule has 0 radical (unpaired) electrons. The van der Waals surface area contributed by atoms with Gasteiger partial charge < -0.3 is 14.4 Å². The summed E-state index contributed by atoms with van der Waals surface area (Å²) < 4.78 is 47.0. The van der Waals surface area contributed by atoms with Gasteiger partial charge in [-0.05, 0) is 43.4 Å². The summed E-state index contributed by atoms with van der Waals surface area (Å²) in [7, 11) is 0. The summed E-state index contributed by atoms with van der Waals surface area (Å²) in [6.07, 6.45) is -0.554. The smallest absolute Gasteiger partial charge is 0.450 e. The summed E-state index contributed by atoms with van der Waals surface area (Å²) in [5, 5.41) is 10.5. The van der Waals surface area contributed by atoms with Gasteiger partial charge in [0.15, 0.2) is 5.58 Å². The molecule has 1 saturated heterocycles. The van der Waals surface area contributed by atoms with Crippen molar-refractivity contribution in [2.24, 2.45) is 0 Å². The maximum Gasteiger partial charge on any atom is 0.450 e. The van der Waals surface area contributed by atoms with E-state index in [4.69, 9.17) is 4.42 Å². The van der Waals surface area contributed by atoms with Gasteiger partial charge in [-0.25, -0.2) is 0 Å². The first kappa shape index (κ1) is 20.5. The van der Waals surface area contributed by atoms with Crippen molar-refractivity contribution in [1.29, 1.82) is 0 Å². The third-order valence-electron chi connectivity index (χ3n) is 5.70. The number of aromatic hydroxyl groups is 1. The quantitative estimate of drug-likeness (QED) is 0.672. The first-order valence-electron chi connectivity index (χ1n) is 10.1. The van der Waals surface area contributed by atoms with E-state index in [2.05, 4.69) is 0 Å². The highest BCUT2D eigenvalue weighted by Crippen LogP contribution is 2.38. The average molecular weight is 418 g/mol. The van der Waals surface area contributed by atoms with Crippen LogP contribution in [0.2, 0.25) is 0 Å². The third kappa shape index (κ3) is 3.94. The lowest BCUT2D eigenvalue weighted by molar-refractivity contribution is -0.913. The molecule has 1 aromatic heterocycles. The summed E-state index contributed by atoms with van der Waals surface area (Å²) in [6, 6.07) is 10.4. The number of phenolic OH excluding ortho intramolecular Hbond substituents is 1. The predicted octanol–water partition coefficient (Wildman–Crippen LogP) is 4.14. The molecule has 0 atom stereocenters. The molecule has 0 amide bonds. The lowest BCUT2D eigenvalue weighted by Crippen LogP contribution is -3.10. The molecule has 1 aliphatic heterocycles. The van der Waals surface area contributed by atoms with E-state index >= 15 is 0 Å². The Bertz CT molecular complexity index is 1100. The van der Waals surface area contributed by atoms with Crippen molar-refractivity contribution < 1.29 is 27.6 Å². The molecule has 3 aromatic rings. The molecule has 4 nitrogen and oxygen atoms in total. The predicted molar refractivity (Wildman–Crippen MR) is 107 cm³/mol. The Hall–Kier alpha value is -2.80. The molecule has 1 aliphatic rings. The van der Waals surface area contributed by atoms with Crippen LogP contribution in [0.5, 0.6) is 5.75 Å². The molecule has 0 bridgehead atoms. The summed E-state index contributed by atoms with van der Waals surface area (Å²) in [5.41, 5.74) is -1.03. The molecular weight excluding hydrogens is 395 g/mol. The fraction of sp³-hybridized carbons (Fsp3) is 0.348. The van der Waals surface area contributed by atoms with Gasteiger partial charge in [0.1, 0.15) is 12.3 Å². The Morgan fingerprint density at radius 3 is 2.27 bits per heavy atom. The van der Waals surface area contributed by atoms with Gasteiger partial charge in [-0.2, -0.15) is 13.2 Å². The van der Waals surface area contributed by atoms with Crippen molar-refractivity contribution in [3.05, 3.63) is 64.0 Å². The van der Waals surface area contributed by atoms with Gasteiger partial charge in [0.25, 0.3) is 0 Å². The normalized spacial score (nSPS) is 16.0. The Kier molecular flexibility index (Phi) is 5.56. The Labute approximate surface area is 171 Å². The minimum absolute atomic E-state index is 0.0453. The van der Waals surface area contributed by atoms with Crippen LogP contribution in [-0.2, 0) is 12.7 Å². The van der Waals surface area contributed by atoms with E-state index in [1.54, 1.807) is 18.2 Å². The molecule has 2 heterocycles. The zero-order chi connectivity index (χ0) is 21.3. The highest BCUT2D eigenvalue weighted by Gasteiger charge is 2.40. The van der Waals surface area contributed by atoms with E-state index < -0.39 is 22.9 Å². The van der Waals surface area contributed by atoms with Crippen LogP contribution in [0.25, 0.3) is 22.1 Å². The van der Waals surface area contributed by atoms with Crippen LogP contribution in [-0.4, -0.2) is 18.2 Å². The molecule has 2 N–H and O–H groups in total. The number of hydrogen-bond acceptors (Lipinski definition) is 3. The van der Waals surface area contributed by atoms with Crippen LogP contribution in [0.15, 0.2) is 51.7 Å². The fourth-order valence-electron chi connectivity index (χ4n) is 4.20.